The van der Waals surface area contributed by atoms with Crippen LogP contribution in [-0.2, 0) is 0 Å². The van der Waals surface area contributed by atoms with Crippen LogP contribution in [0.25, 0.3) is 19.9 Å². The molecule has 0 fully saturated rings. The van der Waals surface area contributed by atoms with Crippen LogP contribution in [0.1, 0.15) is 0 Å². The SMILES string of the molecule is COc1ccc(-c2nc3ccccc3[se]2)cc1OC. The molecule has 0 bridgehead atoms. The van der Waals surface area contributed by atoms with Gasteiger partial charge in [-0.2, -0.15) is 0 Å². The molecule has 0 unspecified atom stereocenters. The molecule has 1 aromatic heterocycles. The van der Waals surface area contributed by atoms with Crippen molar-refractivity contribution in [3.05, 3.63) is 42.5 Å². The second kappa shape index (κ2) is 5.08. The first-order valence-corrected chi connectivity index (χ1v) is 7.61. The van der Waals surface area contributed by atoms with Gasteiger partial charge in [0.1, 0.15) is 0 Å². The molecule has 0 saturated carbocycles. The number of methoxy groups -OCH3 is 2. The zero-order valence-electron chi connectivity index (χ0n) is 10.7. The molecule has 3 nitrogen and oxygen atoms in total. The van der Waals surface area contributed by atoms with Crippen molar-refractivity contribution in [2.24, 2.45) is 0 Å². The quantitative estimate of drug-likeness (QED) is 0.696. The van der Waals surface area contributed by atoms with Gasteiger partial charge in [-0.1, -0.05) is 0 Å². The molecule has 96 valence electrons. The molecule has 0 spiro atoms. The molecule has 3 aromatic rings. The van der Waals surface area contributed by atoms with Crippen LogP contribution in [0.4, 0.5) is 0 Å². The van der Waals surface area contributed by atoms with Crippen molar-refractivity contribution in [2.45, 2.75) is 0 Å². The summed E-state index contributed by atoms with van der Waals surface area (Å²) in [6, 6.07) is 14.2. The number of fused-ring (bicyclic) bond motifs is 1. The Morgan fingerprint density at radius 3 is 2.47 bits per heavy atom. The topological polar surface area (TPSA) is 31.4 Å². The average Bonchev–Trinajstić information content (AvgIpc) is 2.90. The van der Waals surface area contributed by atoms with Crippen LogP contribution >= 0.6 is 0 Å². The fraction of sp³-hybridized carbons (Fsp3) is 0.133. The zero-order valence-corrected chi connectivity index (χ0v) is 12.4. The number of aromatic nitrogens is 1. The molecular weight excluding hydrogens is 305 g/mol. The molecule has 0 aliphatic heterocycles. The summed E-state index contributed by atoms with van der Waals surface area (Å²) in [6.45, 7) is 0. The minimum absolute atomic E-state index is 0.260. The molecule has 0 aliphatic carbocycles. The molecule has 4 heteroatoms. The number of hydrogen-bond donors (Lipinski definition) is 0. The van der Waals surface area contributed by atoms with E-state index in [0.717, 1.165) is 27.1 Å². The van der Waals surface area contributed by atoms with Gasteiger partial charge in [-0.25, -0.2) is 0 Å². The summed E-state index contributed by atoms with van der Waals surface area (Å²) in [5.41, 5.74) is 2.20. The Labute approximate surface area is 117 Å². The van der Waals surface area contributed by atoms with E-state index in [2.05, 4.69) is 18.2 Å². The predicted molar refractivity (Wildman–Crippen MR) is 77.2 cm³/mol. The minimum atomic E-state index is 0.260. The summed E-state index contributed by atoms with van der Waals surface area (Å²) in [5, 5.41) is 0. The Bertz CT molecular complexity index is 688. The third kappa shape index (κ3) is 2.25. The Kier molecular flexibility index (Phi) is 3.28. The Balaban J connectivity index is 2.10. The second-order valence-electron chi connectivity index (χ2n) is 4.06. The van der Waals surface area contributed by atoms with Gasteiger partial charge in [0.15, 0.2) is 0 Å². The van der Waals surface area contributed by atoms with Gasteiger partial charge >= 0.3 is 117 Å². The van der Waals surface area contributed by atoms with Gasteiger partial charge < -0.3 is 0 Å². The summed E-state index contributed by atoms with van der Waals surface area (Å²) >= 11 is 0.260. The van der Waals surface area contributed by atoms with Gasteiger partial charge in [-0.3, -0.25) is 0 Å². The van der Waals surface area contributed by atoms with E-state index >= 15 is 0 Å². The zero-order chi connectivity index (χ0) is 13.2. The van der Waals surface area contributed by atoms with Crippen LogP contribution in [-0.4, -0.2) is 33.7 Å². The number of benzene rings is 2. The van der Waals surface area contributed by atoms with Crippen molar-refractivity contribution < 1.29 is 9.47 Å². The van der Waals surface area contributed by atoms with Gasteiger partial charge in [0.05, 0.1) is 0 Å². The molecule has 0 aliphatic rings. The van der Waals surface area contributed by atoms with Gasteiger partial charge in [-0.15, -0.1) is 0 Å². The van der Waals surface area contributed by atoms with E-state index in [9.17, 15) is 0 Å². The first kappa shape index (κ1) is 12.3. The van der Waals surface area contributed by atoms with Gasteiger partial charge in [0, 0.05) is 0 Å². The van der Waals surface area contributed by atoms with Crippen LogP contribution in [0.15, 0.2) is 42.5 Å². The fourth-order valence-corrected chi connectivity index (χ4v) is 3.98. The third-order valence-corrected chi connectivity index (χ3v) is 5.20. The number of rotatable bonds is 3. The summed E-state index contributed by atoms with van der Waals surface area (Å²) in [6.07, 6.45) is 0. The third-order valence-electron chi connectivity index (χ3n) is 2.92. The van der Waals surface area contributed by atoms with Crippen LogP contribution < -0.4 is 9.47 Å². The first-order chi connectivity index (χ1) is 9.31. The number of nitrogens with zero attached hydrogens (tertiary/aromatic N) is 1. The van der Waals surface area contributed by atoms with Crippen LogP contribution in [0, 0.1) is 0 Å². The van der Waals surface area contributed by atoms with Crippen LogP contribution in [0.2, 0.25) is 0 Å². The molecule has 19 heavy (non-hydrogen) atoms. The Morgan fingerprint density at radius 1 is 0.947 bits per heavy atom. The van der Waals surface area contributed by atoms with E-state index in [1.54, 1.807) is 14.2 Å². The van der Waals surface area contributed by atoms with Crippen molar-refractivity contribution in [3.63, 3.8) is 0 Å². The summed E-state index contributed by atoms with van der Waals surface area (Å²) in [5.74, 6) is 1.49. The van der Waals surface area contributed by atoms with Crippen LogP contribution in [0.5, 0.6) is 11.5 Å². The molecule has 1 heterocycles. The standard InChI is InChI=1S/C15H13NO2Se/c1-17-12-8-7-10(9-13(12)18-2)15-16-11-5-3-4-6-14(11)19-15/h3-9H,1-2H3. The molecule has 3 rings (SSSR count). The Hall–Kier alpha value is -1.77. The van der Waals surface area contributed by atoms with E-state index < -0.39 is 0 Å². The maximum atomic E-state index is 5.34. The molecule has 0 amide bonds. The average molecular weight is 318 g/mol. The fourth-order valence-electron chi connectivity index (χ4n) is 1.96. The van der Waals surface area contributed by atoms with E-state index in [1.807, 2.05) is 24.3 Å². The van der Waals surface area contributed by atoms with E-state index in [0.29, 0.717) is 0 Å². The van der Waals surface area contributed by atoms with Gasteiger partial charge in [0.2, 0.25) is 0 Å². The summed E-state index contributed by atoms with van der Waals surface area (Å²) in [7, 11) is 3.29. The van der Waals surface area contributed by atoms with Gasteiger partial charge in [0.25, 0.3) is 0 Å². The van der Waals surface area contributed by atoms with Crippen molar-refractivity contribution in [1.29, 1.82) is 0 Å². The summed E-state index contributed by atoms with van der Waals surface area (Å²) < 4.78 is 13.1. The van der Waals surface area contributed by atoms with Gasteiger partial charge in [-0.05, 0) is 0 Å². The monoisotopic (exact) mass is 319 g/mol. The maximum absolute atomic E-state index is 5.34. The molecule has 2 aromatic carbocycles. The van der Waals surface area contributed by atoms with E-state index in [-0.39, 0.29) is 14.5 Å². The molecule has 0 radical (unpaired) electrons. The molecule has 0 atom stereocenters. The second-order valence-corrected chi connectivity index (χ2v) is 6.22. The van der Waals surface area contributed by atoms with Crippen molar-refractivity contribution in [1.82, 2.24) is 4.98 Å². The van der Waals surface area contributed by atoms with E-state index in [4.69, 9.17) is 14.5 Å². The van der Waals surface area contributed by atoms with Crippen LogP contribution in [0.3, 0.4) is 0 Å². The molecule has 0 N–H and O–H groups in total. The number of para-hydroxylation sites is 1. The predicted octanol–water partition coefficient (Wildman–Crippen LogP) is 2.98. The Morgan fingerprint density at radius 2 is 1.74 bits per heavy atom. The van der Waals surface area contributed by atoms with Crippen molar-refractivity contribution in [3.8, 4) is 21.6 Å². The number of ether oxygens (including phenoxy) is 2. The number of hydrogen-bond acceptors (Lipinski definition) is 3. The first-order valence-electron chi connectivity index (χ1n) is 5.90. The normalized spacial score (nSPS) is 10.6. The van der Waals surface area contributed by atoms with Crippen molar-refractivity contribution >= 4 is 24.3 Å². The molecule has 0 saturated heterocycles. The van der Waals surface area contributed by atoms with Crippen molar-refractivity contribution in [2.75, 3.05) is 14.2 Å². The van der Waals surface area contributed by atoms with E-state index in [1.165, 1.54) is 4.26 Å². The summed E-state index contributed by atoms with van der Waals surface area (Å²) in [4.78, 5) is 4.70. The molecular formula is C15H13NO2Se.